The highest BCUT2D eigenvalue weighted by molar-refractivity contribution is 5.25. The summed E-state index contributed by atoms with van der Waals surface area (Å²) in [6, 6.07) is 8.73. The molecule has 1 saturated carbocycles. The lowest BCUT2D eigenvalue weighted by molar-refractivity contribution is 0.0482. The molecule has 2 rings (SSSR count). The maximum atomic E-state index is 10.3. The van der Waals surface area contributed by atoms with E-state index >= 15 is 0 Å². The van der Waals surface area contributed by atoms with Crippen molar-refractivity contribution in [1.82, 2.24) is 0 Å². The normalized spacial score (nSPS) is 19.2. The number of hydrogen-bond donors (Lipinski definition) is 1. The van der Waals surface area contributed by atoms with Crippen molar-refractivity contribution in [2.45, 2.75) is 57.5 Å². The molecule has 0 saturated heterocycles. The molecule has 88 valence electrons. The van der Waals surface area contributed by atoms with Crippen LogP contribution in [0.2, 0.25) is 0 Å². The van der Waals surface area contributed by atoms with E-state index < -0.39 is 5.60 Å². The largest absolute Gasteiger partial charge is 0.390 e. The van der Waals surface area contributed by atoms with Crippen LogP contribution in [-0.2, 0) is 6.42 Å². The highest BCUT2D eigenvalue weighted by atomic mass is 16.3. The third-order valence-corrected chi connectivity index (χ3v) is 3.71. The Labute approximate surface area is 98.5 Å². The van der Waals surface area contributed by atoms with Gasteiger partial charge in [-0.2, -0.15) is 0 Å². The maximum Gasteiger partial charge on any atom is 0.0688 e. The third-order valence-electron chi connectivity index (χ3n) is 3.71. The average molecular weight is 218 g/mol. The first kappa shape index (κ1) is 11.7. The third kappa shape index (κ3) is 2.65. The summed E-state index contributed by atoms with van der Waals surface area (Å²) in [4.78, 5) is 0. The molecule has 1 nitrogen and oxygen atoms in total. The molecule has 16 heavy (non-hydrogen) atoms. The van der Waals surface area contributed by atoms with Crippen LogP contribution in [0.15, 0.2) is 24.3 Å². The van der Waals surface area contributed by atoms with E-state index in [0.29, 0.717) is 5.92 Å². The number of hydrogen-bond acceptors (Lipinski definition) is 1. The Kier molecular flexibility index (Phi) is 3.34. The van der Waals surface area contributed by atoms with Crippen LogP contribution >= 0.6 is 0 Å². The smallest absolute Gasteiger partial charge is 0.0688 e. The molecule has 1 N–H and O–H groups in total. The molecule has 0 amide bonds. The van der Waals surface area contributed by atoms with Crippen molar-refractivity contribution in [3.05, 3.63) is 35.4 Å². The molecule has 0 radical (unpaired) electrons. The average Bonchev–Trinajstić information content (AvgIpc) is 2.65. The Morgan fingerprint density at radius 1 is 1.12 bits per heavy atom. The summed E-state index contributed by atoms with van der Waals surface area (Å²) in [6.45, 7) is 4.42. The molecule has 1 aliphatic carbocycles. The van der Waals surface area contributed by atoms with Crippen LogP contribution in [0.25, 0.3) is 0 Å². The second-order valence-electron chi connectivity index (χ2n) is 5.50. The monoisotopic (exact) mass is 218 g/mol. The highest BCUT2D eigenvalue weighted by Gasteiger charge is 2.30. The van der Waals surface area contributed by atoms with Crippen molar-refractivity contribution in [2.75, 3.05) is 0 Å². The van der Waals surface area contributed by atoms with E-state index in [1.54, 1.807) is 0 Å². The first-order valence-electron chi connectivity index (χ1n) is 6.40. The van der Waals surface area contributed by atoms with Crippen molar-refractivity contribution < 1.29 is 5.11 Å². The molecule has 1 aliphatic rings. The van der Waals surface area contributed by atoms with Gasteiger partial charge in [-0.25, -0.2) is 0 Å². The quantitative estimate of drug-likeness (QED) is 0.821. The zero-order chi connectivity index (χ0) is 11.6. The van der Waals surface area contributed by atoms with Crippen LogP contribution < -0.4 is 0 Å². The van der Waals surface area contributed by atoms with Crippen molar-refractivity contribution in [1.29, 1.82) is 0 Å². The Morgan fingerprint density at radius 2 is 1.69 bits per heavy atom. The van der Waals surface area contributed by atoms with Gasteiger partial charge in [-0.15, -0.1) is 0 Å². The summed E-state index contributed by atoms with van der Waals surface area (Å²) < 4.78 is 0. The van der Waals surface area contributed by atoms with E-state index in [1.165, 1.54) is 24.0 Å². The Bertz CT molecular complexity index is 331. The van der Waals surface area contributed by atoms with Crippen molar-refractivity contribution >= 4 is 0 Å². The van der Waals surface area contributed by atoms with Crippen LogP contribution in [0, 0.1) is 0 Å². The molecular weight excluding hydrogens is 196 g/mol. The predicted molar refractivity (Wildman–Crippen MR) is 67.7 cm³/mol. The van der Waals surface area contributed by atoms with Gasteiger partial charge < -0.3 is 5.11 Å². The lowest BCUT2D eigenvalue weighted by atomic mass is 9.92. The van der Waals surface area contributed by atoms with E-state index in [-0.39, 0.29) is 0 Å². The summed E-state index contributed by atoms with van der Waals surface area (Å²) in [7, 11) is 0. The van der Waals surface area contributed by atoms with E-state index in [0.717, 1.165) is 19.3 Å². The number of benzene rings is 1. The molecule has 0 unspecified atom stereocenters. The summed E-state index contributed by atoms with van der Waals surface area (Å²) in [5.41, 5.74) is 2.23. The summed E-state index contributed by atoms with van der Waals surface area (Å²) in [5.74, 6) is 0.587. The molecule has 0 bridgehead atoms. The first-order chi connectivity index (χ1) is 7.59. The lowest BCUT2D eigenvalue weighted by Gasteiger charge is -2.22. The fourth-order valence-corrected chi connectivity index (χ4v) is 2.61. The van der Waals surface area contributed by atoms with Gasteiger partial charge in [-0.3, -0.25) is 0 Å². The minimum absolute atomic E-state index is 0.417. The zero-order valence-corrected chi connectivity index (χ0v) is 10.4. The Morgan fingerprint density at radius 3 is 2.19 bits per heavy atom. The SMILES string of the molecule is CC(C)c1ccc(CC2(O)CCCC2)cc1. The molecular formula is C15H22O. The Hall–Kier alpha value is -0.820. The van der Waals surface area contributed by atoms with Gasteiger partial charge in [0.05, 0.1) is 5.60 Å². The van der Waals surface area contributed by atoms with Crippen molar-refractivity contribution in [2.24, 2.45) is 0 Å². The first-order valence-corrected chi connectivity index (χ1v) is 6.40. The fraction of sp³-hybridized carbons (Fsp3) is 0.600. The van der Waals surface area contributed by atoms with Gasteiger partial charge in [0.2, 0.25) is 0 Å². The highest BCUT2D eigenvalue weighted by Crippen LogP contribution is 2.32. The van der Waals surface area contributed by atoms with Gasteiger partial charge in [0, 0.05) is 6.42 Å². The van der Waals surface area contributed by atoms with E-state index in [2.05, 4.69) is 38.1 Å². The van der Waals surface area contributed by atoms with Crippen molar-refractivity contribution in [3.63, 3.8) is 0 Å². The summed E-state index contributed by atoms with van der Waals surface area (Å²) in [5, 5.41) is 10.3. The molecule has 1 heteroatoms. The van der Waals surface area contributed by atoms with Gasteiger partial charge in [0.1, 0.15) is 0 Å². The standard InChI is InChI=1S/C15H22O/c1-12(2)14-7-5-13(6-8-14)11-15(16)9-3-4-10-15/h5-8,12,16H,3-4,9-11H2,1-2H3. The molecule has 1 aromatic rings. The minimum atomic E-state index is -0.417. The summed E-state index contributed by atoms with van der Waals surface area (Å²) >= 11 is 0. The van der Waals surface area contributed by atoms with E-state index in [9.17, 15) is 5.11 Å². The minimum Gasteiger partial charge on any atom is -0.390 e. The molecule has 0 spiro atoms. The molecule has 1 fully saturated rings. The second kappa shape index (κ2) is 4.58. The van der Waals surface area contributed by atoms with Gasteiger partial charge >= 0.3 is 0 Å². The van der Waals surface area contributed by atoms with Crippen LogP contribution in [0.1, 0.15) is 56.6 Å². The second-order valence-corrected chi connectivity index (χ2v) is 5.50. The van der Waals surface area contributed by atoms with Gasteiger partial charge in [0.15, 0.2) is 0 Å². The lowest BCUT2D eigenvalue weighted by Crippen LogP contribution is -2.26. The zero-order valence-electron chi connectivity index (χ0n) is 10.4. The molecule has 0 aliphatic heterocycles. The topological polar surface area (TPSA) is 20.2 Å². The van der Waals surface area contributed by atoms with Gasteiger partial charge in [0.25, 0.3) is 0 Å². The predicted octanol–water partition coefficient (Wildman–Crippen LogP) is 3.66. The summed E-state index contributed by atoms with van der Waals surface area (Å²) in [6.07, 6.45) is 5.13. The van der Waals surface area contributed by atoms with Crippen molar-refractivity contribution in [3.8, 4) is 0 Å². The van der Waals surface area contributed by atoms with Gasteiger partial charge in [-0.1, -0.05) is 51.0 Å². The van der Waals surface area contributed by atoms with Crippen LogP contribution in [0.5, 0.6) is 0 Å². The van der Waals surface area contributed by atoms with E-state index in [1.807, 2.05) is 0 Å². The fourth-order valence-electron chi connectivity index (χ4n) is 2.61. The Balaban J connectivity index is 2.05. The van der Waals surface area contributed by atoms with Crippen LogP contribution in [0.4, 0.5) is 0 Å². The van der Waals surface area contributed by atoms with Crippen LogP contribution in [-0.4, -0.2) is 10.7 Å². The maximum absolute atomic E-state index is 10.3. The molecule has 1 aromatic carbocycles. The molecule has 0 atom stereocenters. The number of aliphatic hydroxyl groups is 1. The van der Waals surface area contributed by atoms with Gasteiger partial charge in [-0.05, 0) is 29.9 Å². The van der Waals surface area contributed by atoms with Crippen LogP contribution in [0.3, 0.4) is 0 Å². The number of rotatable bonds is 3. The van der Waals surface area contributed by atoms with E-state index in [4.69, 9.17) is 0 Å². The molecule has 0 aromatic heterocycles. The molecule has 0 heterocycles.